The monoisotopic (exact) mass is 244 g/mol. The maximum Gasteiger partial charge on any atom is 0.514 e. The van der Waals surface area contributed by atoms with Gasteiger partial charge in [-0.15, -0.1) is 0 Å². The average Bonchev–Trinajstić information content (AvgIpc) is 2.26. The van der Waals surface area contributed by atoms with Crippen LogP contribution in [-0.2, 0) is 4.74 Å². The molecule has 0 N–H and O–H groups in total. The van der Waals surface area contributed by atoms with E-state index >= 15 is 0 Å². The quantitative estimate of drug-likeness (QED) is 0.558. The highest BCUT2D eigenvalue weighted by Crippen LogP contribution is 2.21. The third kappa shape index (κ3) is 3.23. The van der Waals surface area contributed by atoms with Crippen LogP contribution in [0.1, 0.15) is 20.8 Å². The van der Waals surface area contributed by atoms with Gasteiger partial charge in [0, 0.05) is 0 Å². The van der Waals surface area contributed by atoms with E-state index in [2.05, 4.69) is 0 Å². The fourth-order valence-corrected chi connectivity index (χ4v) is 1.60. The number of rotatable bonds is 1. The summed E-state index contributed by atoms with van der Waals surface area (Å²) >= 11 is 0. The van der Waals surface area contributed by atoms with E-state index in [4.69, 9.17) is 9.47 Å². The van der Waals surface area contributed by atoms with Crippen molar-refractivity contribution in [3.63, 3.8) is 0 Å². The van der Waals surface area contributed by atoms with E-state index in [0.717, 1.165) is 10.8 Å². The van der Waals surface area contributed by atoms with Crippen molar-refractivity contribution in [3.05, 3.63) is 42.5 Å². The molecule has 2 rings (SSSR count). The fraction of sp³-hybridized carbons (Fsp3) is 0.267. The largest absolute Gasteiger partial charge is 0.514 e. The first-order valence-corrected chi connectivity index (χ1v) is 5.84. The summed E-state index contributed by atoms with van der Waals surface area (Å²) in [4.78, 5) is 11.5. The molecule has 0 amide bonds. The zero-order valence-corrected chi connectivity index (χ0v) is 10.8. The number of hydrogen-bond donors (Lipinski definition) is 0. The molecule has 0 aliphatic heterocycles. The van der Waals surface area contributed by atoms with Crippen LogP contribution in [0, 0.1) is 0 Å². The Labute approximate surface area is 106 Å². The van der Waals surface area contributed by atoms with Crippen molar-refractivity contribution in [1.29, 1.82) is 0 Å². The molecule has 18 heavy (non-hydrogen) atoms. The summed E-state index contributed by atoms with van der Waals surface area (Å²) in [7, 11) is 0. The normalized spacial score (nSPS) is 11.3. The van der Waals surface area contributed by atoms with Gasteiger partial charge in [0.15, 0.2) is 0 Å². The van der Waals surface area contributed by atoms with Crippen LogP contribution in [0.3, 0.4) is 0 Å². The van der Waals surface area contributed by atoms with Gasteiger partial charge in [-0.3, -0.25) is 0 Å². The summed E-state index contributed by atoms with van der Waals surface area (Å²) in [5.74, 6) is 0.489. The van der Waals surface area contributed by atoms with Gasteiger partial charge < -0.3 is 9.47 Å². The van der Waals surface area contributed by atoms with Crippen molar-refractivity contribution in [1.82, 2.24) is 0 Å². The minimum Gasteiger partial charge on any atom is -0.428 e. The van der Waals surface area contributed by atoms with Gasteiger partial charge in [0.2, 0.25) is 0 Å². The van der Waals surface area contributed by atoms with Crippen molar-refractivity contribution in [2.75, 3.05) is 0 Å². The second-order valence-electron chi connectivity index (χ2n) is 5.08. The third-order valence-electron chi connectivity index (χ3n) is 2.31. The van der Waals surface area contributed by atoms with E-state index in [1.165, 1.54) is 0 Å². The summed E-state index contributed by atoms with van der Waals surface area (Å²) < 4.78 is 10.2. The maximum absolute atomic E-state index is 11.5. The van der Waals surface area contributed by atoms with E-state index in [1.807, 2.05) is 36.4 Å². The minimum atomic E-state index is -0.683. The first-order valence-electron chi connectivity index (χ1n) is 5.84. The summed E-state index contributed by atoms with van der Waals surface area (Å²) in [6, 6.07) is 13.4. The van der Waals surface area contributed by atoms with Crippen molar-refractivity contribution in [2.24, 2.45) is 0 Å². The zero-order chi connectivity index (χ0) is 13.2. The Morgan fingerprint density at radius 3 is 2.33 bits per heavy atom. The highest BCUT2D eigenvalue weighted by atomic mass is 16.7. The molecule has 0 unspecified atom stereocenters. The number of benzene rings is 2. The molecule has 0 spiro atoms. The molecule has 0 atom stereocenters. The topological polar surface area (TPSA) is 35.5 Å². The second-order valence-corrected chi connectivity index (χ2v) is 5.08. The molecular weight excluding hydrogens is 228 g/mol. The molecule has 0 aliphatic carbocycles. The van der Waals surface area contributed by atoms with Gasteiger partial charge >= 0.3 is 6.16 Å². The van der Waals surface area contributed by atoms with Crippen LogP contribution < -0.4 is 4.74 Å². The fourth-order valence-electron chi connectivity index (χ4n) is 1.60. The first kappa shape index (κ1) is 12.4. The van der Waals surface area contributed by atoms with Crippen LogP contribution in [0.4, 0.5) is 4.79 Å². The van der Waals surface area contributed by atoms with Gasteiger partial charge in [-0.25, -0.2) is 4.79 Å². The first-order chi connectivity index (χ1) is 8.44. The smallest absolute Gasteiger partial charge is 0.428 e. The van der Waals surface area contributed by atoms with Crippen LogP contribution in [0.15, 0.2) is 42.5 Å². The van der Waals surface area contributed by atoms with Gasteiger partial charge in [-0.05, 0) is 43.7 Å². The van der Waals surface area contributed by atoms with Crippen molar-refractivity contribution in [2.45, 2.75) is 26.4 Å². The summed E-state index contributed by atoms with van der Waals surface area (Å²) in [5, 5.41) is 2.13. The predicted molar refractivity (Wildman–Crippen MR) is 70.8 cm³/mol. The summed E-state index contributed by atoms with van der Waals surface area (Å²) in [6.07, 6.45) is -0.683. The zero-order valence-electron chi connectivity index (χ0n) is 10.8. The summed E-state index contributed by atoms with van der Waals surface area (Å²) in [5.41, 5.74) is -0.548. The molecule has 94 valence electrons. The van der Waals surface area contributed by atoms with Crippen LogP contribution in [-0.4, -0.2) is 11.8 Å². The van der Waals surface area contributed by atoms with Crippen molar-refractivity contribution in [3.8, 4) is 5.75 Å². The Bertz CT molecular complexity index is 567. The Morgan fingerprint density at radius 1 is 1.00 bits per heavy atom. The van der Waals surface area contributed by atoms with E-state index < -0.39 is 11.8 Å². The summed E-state index contributed by atoms with van der Waals surface area (Å²) in [6.45, 7) is 5.40. The number of ether oxygens (including phenoxy) is 2. The average molecular weight is 244 g/mol. The second kappa shape index (κ2) is 4.69. The van der Waals surface area contributed by atoms with Crippen LogP contribution in [0.25, 0.3) is 10.8 Å². The Balaban J connectivity index is 2.15. The number of carbonyl (C=O) groups is 1. The molecule has 0 aromatic heterocycles. The standard InChI is InChI=1S/C15H16O3/c1-15(2,3)18-14(16)17-13-9-8-11-6-4-5-7-12(11)10-13/h4-10H,1-3H3. The molecule has 2 aromatic carbocycles. The minimum absolute atomic E-state index is 0.489. The van der Waals surface area contributed by atoms with Crippen LogP contribution in [0.5, 0.6) is 5.75 Å². The molecule has 0 fully saturated rings. The van der Waals surface area contributed by atoms with Crippen molar-refractivity contribution >= 4 is 16.9 Å². The van der Waals surface area contributed by atoms with Gasteiger partial charge in [0.1, 0.15) is 11.4 Å². The maximum atomic E-state index is 11.5. The van der Waals surface area contributed by atoms with Crippen molar-refractivity contribution < 1.29 is 14.3 Å². The SMILES string of the molecule is CC(C)(C)OC(=O)Oc1ccc2ccccc2c1. The lowest BCUT2D eigenvalue weighted by Gasteiger charge is -2.18. The molecule has 0 heterocycles. The van der Waals surface area contributed by atoms with E-state index in [-0.39, 0.29) is 0 Å². The molecule has 0 bridgehead atoms. The molecule has 0 saturated carbocycles. The Kier molecular flexibility index (Phi) is 3.24. The van der Waals surface area contributed by atoms with Crippen LogP contribution in [0.2, 0.25) is 0 Å². The predicted octanol–water partition coefficient (Wildman–Crippen LogP) is 4.15. The van der Waals surface area contributed by atoms with E-state index in [0.29, 0.717) is 5.75 Å². The molecule has 0 aliphatic rings. The molecule has 2 aromatic rings. The van der Waals surface area contributed by atoms with Gasteiger partial charge in [0.05, 0.1) is 0 Å². The lowest BCUT2D eigenvalue weighted by molar-refractivity contribution is 0.0206. The molecule has 0 radical (unpaired) electrons. The lowest BCUT2D eigenvalue weighted by Crippen LogP contribution is -2.25. The van der Waals surface area contributed by atoms with Gasteiger partial charge in [0.25, 0.3) is 0 Å². The van der Waals surface area contributed by atoms with Gasteiger partial charge in [-0.2, -0.15) is 0 Å². The Hall–Kier alpha value is -2.03. The third-order valence-corrected chi connectivity index (χ3v) is 2.31. The van der Waals surface area contributed by atoms with Gasteiger partial charge in [-0.1, -0.05) is 30.3 Å². The molecule has 3 heteroatoms. The molecular formula is C15H16O3. The number of fused-ring (bicyclic) bond motifs is 1. The van der Waals surface area contributed by atoms with E-state index in [9.17, 15) is 4.79 Å². The Morgan fingerprint density at radius 2 is 1.67 bits per heavy atom. The highest BCUT2D eigenvalue weighted by Gasteiger charge is 2.17. The molecule has 0 saturated heterocycles. The lowest BCUT2D eigenvalue weighted by atomic mass is 10.1. The number of carbonyl (C=O) groups excluding carboxylic acids is 1. The van der Waals surface area contributed by atoms with E-state index in [1.54, 1.807) is 26.8 Å². The number of hydrogen-bond acceptors (Lipinski definition) is 3. The van der Waals surface area contributed by atoms with Crippen LogP contribution >= 0.6 is 0 Å². The highest BCUT2D eigenvalue weighted by molar-refractivity contribution is 5.84. The molecule has 3 nitrogen and oxygen atoms in total.